The van der Waals surface area contributed by atoms with E-state index in [1.165, 1.54) is 0 Å². The predicted octanol–water partition coefficient (Wildman–Crippen LogP) is 2.33. The highest BCUT2D eigenvalue weighted by atomic mass is 32.2. The fourth-order valence-corrected chi connectivity index (χ4v) is 5.45. The largest absolute Gasteiger partial charge is 0.484 e. The van der Waals surface area contributed by atoms with Gasteiger partial charge in [-0.25, -0.2) is 8.42 Å². The molecule has 1 atom stereocenters. The molecule has 24 heavy (non-hydrogen) atoms. The third kappa shape index (κ3) is 4.09. The lowest BCUT2D eigenvalue weighted by Crippen LogP contribution is -2.48. The molecule has 1 saturated heterocycles. The van der Waals surface area contributed by atoms with E-state index < -0.39 is 9.84 Å². The van der Waals surface area contributed by atoms with Gasteiger partial charge in [0.25, 0.3) is 5.91 Å². The third-order valence-electron chi connectivity index (χ3n) is 4.99. The third-order valence-corrected chi connectivity index (χ3v) is 6.74. The zero-order valence-electron chi connectivity index (χ0n) is 14.1. The molecule has 0 radical (unpaired) electrons. The van der Waals surface area contributed by atoms with Crippen molar-refractivity contribution in [1.82, 2.24) is 4.90 Å². The summed E-state index contributed by atoms with van der Waals surface area (Å²) >= 11 is 0. The number of amides is 1. The molecule has 3 rings (SSSR count). The van der Waals surface area contributed by atoms with Crippen LogP contribution < -0.4 is 4.74 Å². The van der Waals surface area contributed by atoms with Gasteiger partial charge in [0.1, 0.15) is 5.75 Å². The number of carbonyl (C=O) groups excluding carboxylic acids is 1. The minimum absolute atomic E-state index is 0.0316. The maximum atomic E-state index is 12.8. The van der Waals surface area contributed by atoms with Gasteiger partial charge in [-0.2, -0.15) is 0 Å². The van der Waals surface area contributed by atoms with Gasteiger partial charge in [0.2, 0.25) is 0 Å². The highest BCUT2D eigenvalue weighted by Gasteiger charge is 2.39. The van der Waals surface area contributed by atoms with Crippen LogP contribution in [-0.4, -0.2) is 49.4 Å². The van der Waals surface area contributed by atoms with E-state index in [1.807, 2.05) is 36.1 Å². The molecule has 1 amide bonds. The van der Waals surface area contributed by atoms with E-state index in [-0.39, 0.29) is 36.1 Å². The maximum absolute atomic E-state index is 12.8. The lowest BCUT2D eigenvalue weighted by atomic mass is 10.1. The Morgan fingerprint density at radius 3 is 2.38 bits per heavy atom. The molecule has 6 heteroatoms. The van der Waals surface area contributed by atoms with Gasteiger partial charge in [0, 0.05) is 12.1 Å². The van der Waals surface area contributed by atoms with Crippen molar-refractivity contribution in [1.29, 1.82) is 0 Å². The number of hydrogen-bond acceptors (Lipinski definition) is 4. The summed E-state index contributed by atoms with van der Waals surface area (Å²) in [6.07, 6.45) is 4.69. The molecule has 0 bridgehead atoms. The van der Waals surface area contributed by atoms with Crippen molar-refractivity contribution in [2.75, 3.05) is 18.1 Å². The van der Waals surface area contributed by atoms with E-state index in [0.29, 0.717) is 12.2 Å². The van der Waals surface area contributed by atoms with Crippen LogP contribution in [0, 0.1) is 6.92 Å². The predicted molar refractivity (Wildman–Crippen MR) is 92.8 cm³/mol. The number of benzene rings is 1. The zero-order chi connectivity index (χ0) is 17.2. The van der Waals surface area contributed by atoms with Crippen LogP contribution >= 0.6 is 0 Å². The lowest BCUT2D eigenvalue weighted by molar-refractivity contribution is -0.137. The Morgan fingerprint density at radius 2 is 1.79 bits per heavy atom. The van der Waals surface area contributed by atoms with Crippen molar-refractivity contribution in [3.63, 3.8) is 0 Å². The SMILES string of the molecule is Cc1ccc(OCC(=O)N(C2CCCC2)[C@H]2CCS(=O)(=O)C2)cc1. The van der Waals surface area contributed by atoms with E-state index in [9.17, 15) is 13.2 Å². The average molecular weight is 351 g/mol. The Labute approximate surface area is 143 Å². The molecule has 5 nitrogen and oxygen atoms in total. The van der Waals surface area contributed by atoms with Crippen molar-refractivity contribution in [2.24, 2.45) is 0 Å². The summed E-state index contributed by atoms with van der Waals surface area (Å²) in [4.78, 5) is 14.6. The molecule has 1 aliphatic heterocycles. The molecular weight excluding hydrogens is 326 g/mol. The standard InChI is InChI=1S/C18H25NO4S/c1-14-6-8-17(9-7-14)23-12-18(20)19(15-4-2-3-5-15)16-10-11-24(21,22)13-16/h6-9,15-16H,2-5,10-13H2,1H3/t16-/m0/s1. The van der Waals surface area contributed by atoms with Crippen LogP contribution in [-0.2, 0) is 14.6 Å². The van der Waals surface area contributed by atoms with Crippen LogP contribution in [0.15, 0.2) is 24.3 Å². The Kier molecular flexibility index (Phi) is 5.13. The van der Waals surface area contributed by atoms with E-state index >= 15 is 0 Å². The fourth-order valence-electron chi connectivity index (χ4n) is 3.74. The molecule has 1 saturated carbocycles. The monoisotopic (exact) mass is 351 g/mol. The summed E-state index contributed by atoms with van der Waals surface area (Å²) in [5.74, 6) is 0.858. The Balaban J connectivity index is 1.67. The number of carbonyl (C=O) groups is 1. The number of aryl methyl sites for hydroxylation is 1. The molecule has 132 valence electrons. The Hall–Kier alpha value is -1.56. The molecule has 0 unspecified atom stereocenters. The van der Waals surface area contributed by atoms with Crippen LogP contribution in [0.5, 0.6) is 5.75 Å². The molecule has 1 aromatic rings. The van der Waals surface area contributed by atoms with Crippen LogP contribution in [0.1, 0.15) is 37.7 Å². The van der Waals surface area contributed by atoms with E-state index in [2.05, 4.69) is 0 Å². The minimum atomic E-state index is -3.01. The van der Waals surface area contributed by atoms with Gasteiger partial charge in [-0.3, -0.25) is 4.79 Å². The smallest absolute Gasteiger partial charge is 0.261 e. The summed E-state index contributed by atoms with van der Waals surface area (Å²) in [6.45, 7) is 1.97. The quantitative estimate of drug-likeness (QED) is 0.817. The lowest BCUT2D eigenvalue weighted by Gasteiger charge is -2.34. The van der Waals surface area contributed by atoms with E-state index in [0.717, 1.165) is 31.2 Å². The second kappa shape index (κ2) is 7.13. The summed E-state index contributed by atoms with van der Waals surface area (Å²) in [5.41, 5.74) is 1.14. The first-order valence-electron chi connectivity index (χ1n) is 8.66. The molecule has 2 aliphatic rings. The normalized spacial score (nSPS) is 23.3. The van der Waals surface area contributed by atoms with Gasteiger partial charge in [-0.05, 0) is 38.3 Å². The van der Waals surface area contributed by atoms with Gasteiger partial charge < -0.3 is 9.64 Å². The van der Waals surface area contributed by atoms with Crippen LogP contribution in [0.3, 0.4) is 0 Å². The molecule has 1 aliphatic carbocycles. The van der Waals surface area contributed by atoms with Gasteiger partial charge in [0.05, 0.1) is 11.5 Å². The summed E-state index contributed by atoms with van der Waals surface area (Å²) in [5, 5.41) is 0. The maximum Gasteiger partial charge on any atom is 0.261 e. The number of ether oxygens (including phenoxy) is 1. The molecule has 1 aromatic carbocycles. The van der Waals surface area contributed by atoms with Crippen molar-refractivity contribution in [3.05, 3.63) is 29.8 Å². The highest BCUT2D eigenvalue weighted by Crippen LogP contribution is 2.29. The minimum Gasteiger partial charge on any atom is -0.484 e. The van der Waals surface area contributed by atoms with Gasteiger partial charge in [-0.1, -0.05) is 30.5 Å². The topological polar surface area (TPSA) is 63.7 Å². The van der Waals surface area contributed by atoms with Crippen molar-refractivity contribution in [2.45, 2.75) is 51.1 Å². The Morgan fingerprint density at radius 1 is 1.12 bits per heavy atom. The second-order valence-electron chi connectivity index (χ2n) is 6.90. The fraction of sp³-hybridized carbons (Fsp3) is 0.611. The molecule has 0 spiro atoms. The van der Waals surface area contributed by atoms with E-state index in [4.69, 9.17) is 4.74 Å². The molecule has 1 heterocycles. The first-order chi connectivity index (χ1) is 11.4. The first kappa shape index (κ1) is 17.3. The van der Waals surface area contributed by atoms with Gasteiger partial charge >= 0.3 is 0 Å². The van der Waals surface area contributed by atoms with Crippen LogP contribution in [0.25, 0.3) is 0 Å². The Bertz CT molecular complexity index is 677. The van der Waals surface area contributed by atoms with Crippen molar-refractivity contribution < 1.29 is 17.9 Å². The second-order valence-corrected chi connectivity index (χ2v) is 9.13. The summed E-state index contributed by atoms with van der Waals surface area (Å²) in [7, 11) is -3.01. The molecule has 0 N–H and O–H groups in total. The summed E-state index contributed by atoms with van der Waals surface area (Å²) in [6, 6.07) is 7.56. The van der Waals surface area contributed by atoms with E-state index in [1.54, 1.807) is 0 Å². The number of sulfone groups is 1. The number of hydrogen-bond donors (Lipinski definition) is 0. The van der Waals surface area contributed by atoms with Crippen molar-refractivity contribution in [3.8, 4) is 5.75 Å². The molecule has 0 aromatic heterocycles. The number of nitrogens with zero attached hydrogens (tertiary/aromatic N) is 1. The molecular formula is C18H25NO4S. The van der Waals surface area contributed by atoms with Crippen LogP contribution in [0.4, 0.5) is 0 Å². The summed E-state index contributed by atoms with van der Waals surface area (Å²) < 4.78 is 29.3. The van der Waals surface area contributed by atoms with Gasteiger partial charge in [0.15, 0.2) is 16.4 Å². The number of rotatable bonds is 5. The first-order valence-corrected chi connectivity index (χ1v) is 10.5. The average Bonchev–Trinajstić information content (AvgIpc) is 3.17. The molecule has 2 fully saturated rings. The zero-order valence-corrected chi connectivity index (χ0v) is 14.9. The van der Waals surface area contributed by atoms with Gasteiger partial charge in [-0.15, -0.1) is 0 Å². The van der Waals surface area contributed by atoms with Crippen LogP contribution in [0.2, 0.25) is 0 Å². The highest BCUT2D eigenvalue weighted by molar-refractivity contribution is 7.91. The van der Waals surface area contributed by atoms with Crippen molar-refractivity contribution >= 4 is 15.7 Å².